The molecule has 0 bridgehead atoms. The zero-order valence-electron chi connectivity index (χ0n) is 12.1. The highest BCUT2D eigenvalue weighted by Crippen LogP contribution is 2.27. The summed E-state index contributed by atoms with van der Waals surface area (Å²) in [6, 6.07) is 2.95. The maximum Gasteiger partial charge on any atom is 0.253 e. The van der Waals surface area contributed by atoms with E-state index in [-0.39, 0.29) is 5.91 Å². The van der Waals surface area contributed by atoms with Gasteiger partial charge in [-0.3, -0.25) is 4.79 Å². The van der Waals surface area contributed by atoms with Crippen LogP contribution in [0.1, 0.15) is 23.2 Å². The molecule has 6 nitrogen and oxygen atoms in total. The lowest BCUT2D eigenvalue weighted by atomic mass is 10.1. The van der Waals surface area contributed by atoms with Crippen molar-refractivity contribution >= 4 is 22.9 Å². The number of aromatic nitrogens is 2. The number of rotatable bonds is 2. The molecule has 1 amide bonds. The van der Waals surface area contributed by atoms with Crippen LogP contribution < -0.4 is 10.6 Å². The largest absolute Gasteiger partial charge is 0.381 e. The van der Waals surface area contributed by atoms with Crippen LogP contribution in [0.2, 0.25) is 0 Å². The summed E-state index contributed by atoms with van der Waals surface area (Å²) >= 11 is 0. The lowest BCUT2D eigenvalue weighted by Gasteiger charge is -2.23. The van der Waals surface area contributed by atoms with Gasteiger partial charge in [-0.15, -0.1) is 0 Å². The highest BCUT2D eigenvalue weighted by Gasteiger charge is 2.24. The summed E-state index contributed by atoms with van der Waals surface area (Å²) in [7, 11) is 0. The number of halogens is 1. The van der Waals surface area contributed by atoms with Crippen LogP contribution in [0.3, 0.4) is 0 Å². The summed E-state index contributed by atoms with van der Waals surface area (Å²) in [5.41, 5.74) is 1.56. The maximum atomic E-state index is 13.7. The number of benzene rings is 1. The van der Waals surface area contributed by atoms with Crippen molar-refractivity contribution in [3.63, 3.8) is 0 Å². The van der Waals surface area contributed by atoms with Crippen LogP contribution in [0.4, 0.5) is 10.3 Å². The third kappa shape index (κ3) is 2.21. The molecule has 7 heteroatoms. The third-order valence-electron chi connectivity index (χ3n) is 4.23. The molecule has 0 radical (unpaired) electrons. The van der Waals surface area contributed by atoms with Gasteiger partial charge in [0.2, 0.25) is 5.95 Å². The number of carbonyl (C=O) groups is 1. The molecule has 0 spiro atoms. The molecule has 2 aromatic rings. The van der Waals surface area contributed by atoms with Crippen LogP contribution in [0.25, 0.3) is 11.0 Å². The van der Waals surface area contributed by atoms with Crippen molar-refractivity contribution in [3.8, 4) is 0 Å². The molecule has 0 unspecified atom stereocenters. The van der Waals surface area contributed by atoms with Crippen LogP contribution in [0, 0.1) is 5.82 Å². The summed E-state index contributed by atoms with van der Waals surface area (Å²) in [5.74, 6) is 0.00725. The van der Waals surface area contributed by atoms with Crippen molar-refractivity contribution < 1.29 is 13.9 Å². The number of nitrogens with one attached hydrogen (secondary N) is 2. The number of anilines is 1. The van der Waals surface area contributed by atoms with E-state index in [1.165, 1.54) is 12.1 Å². The maximum absolute atomic E-state index is 13.7. The number of amides is 1. The summed E-state index contributed by atoms with van der Waals surface area (Å²) in [6.45, 7) is 2.59. The molecule has 2 N–H and O–H groups in total. The minimum absolute atomic E-state index is 0.249. The molecule has 22 heavy (non-hydrogen) atoms. The lowest BCUT2D eigenvalue weighted by molar-refractivity contribution is 0.0902. The first-order valence-corrected chi connectivity index (χ1v) is 7.54. The molecule has 4 rings (SSSR count). The van der Waals surface area contributed by atoms with Crippen LogP contribution in [0.15, 0.2) is 12.1 Å². The van der Waals surface area contributed by atoms with E-state index in [2.05, 4.69) is 15.6 Å². The van der Waals surface area contributed by atoms with Gasteiger partial charge >= 0.3 is 0 Å². The monoisotopic (exact) mass is 304 g/mol. The molecule has 2 aliphatic heterocycles. The fraction of sp³-hybridized carbons (Fsp3) is 0.467. The van der Waals surface area contributed by atoms with Crippen molar-refractivity contribution in [2.45, 2.75) is 25.4 Å². The standard InChI is InChI=1S/C15H17FN4O2/c16-9-7-11-13-12(8-9)19-15(18-10-1-5-22-6-2-10)20(13)4-3-17-14(11)21/h7-8,10H,1-6H2,(H,17,21)(H,18,19). The molecule has 0 aliphatic carbocycles. The predicted molar refractivity (Wildman–Crippen MR) is 79.5 cm³/mol. The van der Waals surface area contributed by atoms with E-state index in [4.69, 9.17) is 4.74 Å². The number of ether oxygens (including phenoxy) is 1. The van der Waals surface area contributed by atoms with Crippen LogP contribution in [-0.2, 0) is 11.3 Å². The Hall–Kier alpha value is -2.15. The molecule has 0 saturated carbocycles. The van der Waals surface area contributed by atoms with Gasteiger partial charge < -0.3 is 19.9 Å². The molecule has 1 aromatic heterocycles. The summed E-state index contributed by atoms with van der Waals surface area (Å²) in [6.07, 6.45) is 1.84. The average molecular weight is 304 g/mol. The minimum Gasteiger partial charge on any atom is -0.381 e. The van der Waals surface area contributed by atoms with Crippen molar-refractivity contribution in [2.24, 2.45) is 0 Å². The summed E-state index contributed by atoms with van der Waals surface area (Å²) in [5, 5.41) is 6.22. The molecule has 1 aromatic carbocycles. The minimum atomic E-state index is -0.443. The van der Waals surface area contributed by atoms with Gasteiger partial charge in [-0.05, 0) is 18.9 Å². The Morgan fingerprint density at radius 2 is 2.18 bits per heavy atom. The number of carbonyl (C=O) groups excluding carboxylic acids is 1. The zero-order valence-corrected chi connectivity index (χ0v) is 12.1. The van der Waals surface area contributed by atoms with Crippen LogP contribution in [0.5, 0.6) is 0 Å². The molecular formula is C15H17FN4O2. The van der Waals surface area contributed by atoms with Crippen molar-refractivity contribution in [1.29, 1.82) is 0 Å². The third-order valence-corrected chi connectivity index (χ3v) is 4.23. The Morgan fingerprint density at radius 1 is 1.36 bits per heavy atom. The molecule has 0 atom stereocenters. The molecule has 1 saturated heterocycles. The number of imidazole rings is 1. The molecule has 1 fully saturated rings. The SMILES string of the molecule is O=C1NCCn2c(NC3CCOCC3)nc3cc(F)cc1c32. The second-order valence-electron chi connectivity index (χ2n) is 5.70. The quantitative estimate of drug-likeness (QED) is 0.882. The Labute approximate surface area is 126 Å². The van der Waals surface area contributed by atoms with Gasteiger partial charge in [0.1, 0.15) is 5.82 Å². The van der Waals surface area contributed by atoms with Gasteiger partial charge in [-0.25, -0.2) is 9.37 Å². The number of nitrogens with zero attached hydrogens (tertiary/aromatic N) is 2. The summed E-state index contributed by atoms with van der Waals surface area (Å²) in [4.78, 5) is 16.6. The van der Waals surface area contributed by atoms with Crippen LogP contribution >= 0.6 is 0 Å². The average Bonchev–Trinajstić information content (AvgIpc) is 2.74. The molecular weight excluding hydrogens is 287 g/mol. The van der Waals surface area contributed by atoms with Crippen LogP contribution in [-0.4, -0.2) is 41.3 Å². The Balaban J connectivity index is 1.80. The first-order chi connectivity index (χ1) is 10.7. The second-order valence-corrected chi connectivity index (χ2v) is 5.70. The van der Waals surface area contributed by atoms with E-state index < -0.39 is 5.82 Å². The first kappa shape index (κ1) is 13.5. The van der Waals surface area contributed by atoms with Gasteiger partial charge in [-0.2, -0.15) is 0 Å². The second kappa shape index (κ2) is 5.24. The van der Waals surface area contributed by atoms with Crippen molar-refractivity contribution in [1.82, 2.24) is 14.9 Å². The van der Waals surface area contributed by atoms with Gasteiger partial charge in [-0.1, -0.05) is 0 Å². The predicted octanol–water partition coefficient (Wildman–Crippen LogP) is 1.51. The number of hydrogen-bond acceptors (Lipinski definition) is 4. The molecule has 116 valence electrons. The Kier molecular flexibility index (Phi) is 3.22. The van der Waals surface area contributed by atoms with E-state index in [0.29, 0.717) is 41.7 Å². The number of hydrogen-bond donors (Lipinski definition) is 2. The Bertz CT molecular complexity index is 737. The lowest BCUT2D eigenvalue weighted by Crippen LogP contribution is -2.29. The highest BCUT2D eigenvalue weighted by atomic mass is 19.1. The topological polar surface area (TPSA) is 68.2 Å². The van der Waals surface area contributed by atoms with E-state index in [1.807, 2.05) is 4.57 Å². The normalized spacial score (nSPS) is 19.0. The smallest absolute Gasteiger partial charge is 0.253 e. The van der Waals surface area contributed by atoms with E-state index in [1.54, 1.807) is 0 Å². The van der Waals surface area contributed by atoms with Gasteiger partial charge in [0.15, 0.2) is 0 Å². The Morgan fingerprint density at radius 3 is 3.00 bits per heavy atom. The van der Waals surface area contributed by atoms with Gasteiger partial charge in [0, 0.05) is 38.4 Å². The van der Waals surface area contributed by atoms with Crippen molar-refractivity contribution in [3.05, 3.63) is 23.5 Å². The molecule has 2 aliphatic rings. The fourth-order valence-electron chi connectivity index (χ4n) is 3.14. The van der Waals surface area contributed by atoms with E-state index in [0.717, 1.165) is 26.1 Å². The van der Waals surface area contributed by atoms with E-state index in [9.17, 15) is 9.18 Å². The first-order valence-electron chi connectivity index (χ1n) is 7.54. The van der Waals surface area contributed by atoms with Crippen molar-refractivity contribution in [2.75, 3.05) is 25.1 Å². The van der Waals surface area contributed by atoms with Gasteiger partial charge in [0.05, 0.1) is 16.6 Å². The van der Waals surface area contributed by atoms with Gasteiger partial charge in [0.25, 0.3) is 5.91 Å². The molecule has 3 heterocycles. The highest BCUT2D eigenvalue weighted by molar-refractivity contribution is 6.06. The zero-order chi connectivity index (χ0) is 15.1. The van der Waals surface area contributed by atoms with E-state index >= 15 is 0 Å². The summed E-state index contributed by atoms with van der Waals surface area (Å²) < 4.78 is 21.1. The fourth-order valence-corrected chi connectivity index (χ4v) is 3.14.